The summed E-state index contributed by atoms with van der Waals surface area (Å²) in [4.78, 5) is 24.9. The SMILES string of the molecule is CC1C(C(=O)O)CCN1C(=O)c1cccc(C#N)c1. The van der Waals surface area contributed by atoms with Gasteiger partial charge in [-0.15, -0.1) is 0 Å². The predicted molar refractivity (Wildman–Crippen MR) is 67.4 cm³/mol. The average Bonchev–Trinajstić information content (AvgIpc) is 2.80. The number of hydrogen-bond acceptors (Lipinski definition) is 3. The lowest BCUT2D eigenvalue weighted by molar-refractivity contribution is -0.142. The summed E-state index contributed by atoms with van der Waals surface area (Å²) < 4.78 is 0. The Morgan fingerprint density at radius 1 is 1.47 bits per heavy atom. The van der Waals surface area contributed by atoms with E-state index in [1.165, 1.54) is 6.07 Å². The first-order valence-corrected chi connectivity index (χ1v) is 6.08. The third kappa shape index (κ3) is 2.43. The van der Waals surface area contributed by atoms with E-state index in [2.05, 4.69) is 0 Å². The molecular formula is C14H14N2O3. The minimum atomic E-state index is -0.867. The number of aliphatic carboxylic acids is 1. The van der Waals surface area contributed by atoms with E-state index < -0.39 is 11.9 Å². The molecule has 1 aromatic rings. The second kappa shape index (κ2) is 5.11. The van der Waals surface area contributed by atoms with Gasteiger partial charge in [-0.2, -0.15) is 5.26 Å². The summed E-state index contributed by atoms with van der Waals surface area (Å²) in [5.41, 5.74) is 0.851. The van der Waals surface area contributed by atoms with Crippen molar-refractivity contribution < 1.29 is 14.7 Å². The van der Waals surface area contributed by atoms with Crippen LogP contribution >= 0.6 is 0 Å². The number of amides is 1. The minimum Gasteiger partial charge on any atom is -0.481 e. The Labute approximate surface area is 111 Å². The molecule has 0 saturated carbocycles. The highest BCUT2D eigenvalue weighted by Gasteiger charge is 2.38. The number of carbonyl (C=O) groups excluding carboxylic acids is 1. The van der Waals surface area contributed by atoms with Crippen LogP contribution in [0.5, 0.6) is 0 Å². The van der Waals surface area contributed by atoms with E-state index in [1.807, 2.05) is 6.07 Å². The fraction of sp³-hybridized carbons (Fsp3) is 0.357. The van der Waals surface area contributed by atoms with Crippen molar-refractivity contribution in [2.24, 2.45) is 5.92 Å². The Bertz CT molecular complexity index is 562. The first-order chi connectivity index (χ1) is 9.04. The van der Waals surface area contributed by atoms with E-state index in [-0.39, 0.29) is 11.9 Å². The summed E-state index contributed by atoms with van der Waals surface area (Å²) in [5.74, 6) is -1.59. The molecule has 0 aromatic heterocycles. The van der Waals surface area contributed by atoms with Gasteiger partial charge in [0.25, 0.3) is 5.91 Å². The smallest absolute Gasteiger partial charge is 0.308 e. The van der Waals surface area contributed by atoms with Crippen LogP contribution in [0.2, 0.25) is 0 Å². The normalized spacial score (nSPS) is 22.0. The highest BCUT2D eigenvalue weighted by Crippen LogP contribution is 2.26. The second-order valence-electron chi connectivity index (χ2n) is 4.67. The summed E-state index contributed by atoms with van der Waals surface area (Å²) in [6.07, 6.45) is 0.472. The van der Waals surface area contributed by atoms with Crippen LogP contribution in [-0.2, 0) is 4.79 Å². The second-order valence-corrected chi connectivity index (χ2v) is 4.67. The van der Waals surface area contributed by atoms with E-state index in [0.717, 1.165) is 0 Å². The first-order valence-electron chi connectivity index (χ1n) is 6.08. The Hall–Kier alpha value is -2.35. The number of nitrogens with zero attached hydrogens (tertiary/aromatic N) is 2. The van der Waals surface area contributed by atoms with Crippen LogP contribution in [0.3, 0.4) is 0 Å². The topological polar surface area (TPSA) is 81.4 Å². The molecular weight excluding hydrogens is 244 g/mol. The van der Waals surface area contributed by atoms with Crippen molar-refractivity contribution in [1.29, 1.82) is 5.26 Å². The van der Waals surface area contributed by atoms with Gasteiger partial charge in [-0.1, -0.05) is 6.07 Å². The van der Waals surface area contributed by atoms with Gasteiger partial charge in [0.15, 0.2) is 0 Å². The molecule has 1 aliphatic rings. The molecule has 1 fully saturated rings. The third-order valence-corrected chi connectivity index (χ3v) is 3.57. The molecule has 0 aliphatic carbocycles. The lowest BCUT2D eigenvalue weighted by Crippen LogP contribution is -2.37. The Morgan fingerprint density at radius 2 is 2.21 bits per heavy atom. The molecule has 1 heterocycles. The molecule has 1 N–H and O–H groups in total. The van der Waals surface area contributed by atoms with E-state index in [9.17, 15) is 9.59 Å². The molecule has 2 rings (SSSR count). The van der Waals surface area contributed by atoms with Crippen LogP contribution in [0.15, 0.2) is 24.3 Å². The van der Waals surface area contributed by atoms with E-state index >= 15 is 0 Å². The molecule has 0 spiro atoms. The van der Waals surface area contributed by atoms with Crippen molar-refractivity contribution in [2.45, 2.75) is 19.4 Å². The Balaban J connectivity index is 2.21. The lowest BCUT2D eigenvalue weighted by atomic mass is 10.0. The molecule has 5 heteroatoms. The summed E-state index contributed by atoms with van der Waals surface area (Å²) in [7, 11) is 0. The van der Waals surface area contributed by atoms with Crippen molar-refractivity contribution in [2.75, 3.05) is 6.54 Å². The number of rotatable bonds is 2. The quantitative estimate of drug-likeness (QED) is 0.871. The van der Waals surface area contributed by atoms with Crippen molar-refractivity contribution in [3.8, 4) is 6.07 Å². The maximum atomic E-state index is 12.3. The van der Waals surface area contributed by atoms with Crippen LogP contribution in [0.1, 0.15) is 29.3 Å². The van der Waals surface area contributed by atoms with Gasteiger partial charge >= 0.3 is 5.97 Å². The molecule has 2 atom stereocenters. The molecule has 2 unspecified atom stereocenters. The van der Waals surface area contributed by atoms with Gasteiger partial charge in [-0.3, -0.25) is 9.59 Å². The van der Waals surface area contributed by atoms with Gasteiger partial charge in [0.05, 0.1) is 17.6 Å². The van der Waals surface area contributed by atoms with Crippen molar-refractivity contribution >= 4 is 11.9 Å². The molecule has 1 aliphatic heterocycles. The van der Waals surface area contributed by atoms with Crippen molar-refractivity contribution in [3.63, 3.8) is 0 Å². The lowest BCUT2D eigenvalue weighted by Gasteiger charge is -2.23. The van der Waals surface area contributed by atoms with E-state index in [4.69, 9.17) is 10.4 Å². The maximum absolute atomic E-state index is 12.3. The Morgan fingerprint density at radius 3 is 2.79 bits per heavy atom. The molecule has 1 aromatic carbocycles. The fourth-order valence-electron chi connectivity index (χ4n) is 2.44. The number of hydrogen-bond donors (Lipinski definition) is 1. The number of carboxylic acid groups (broad SMARTS) is 1. The van der Waals surface area contributed by atoms with Crippen LogP contribution in [0, 0.1) is 17.2 Å². The molecule has 98 valence electrons. The molecule has 5 nitrogen and oxygen atoms in total. The minimum absolute atomic E-state index is 0.214. The summed E-state index contributed by atoms with van der Waals surface area (Å²) >= 11 is 0. The number of likely N-dealkylation sites (tertiary alicyclic amines) is 1. The van der Waals surface area contributed by atoms with Gasteiger partial charge in [0, 0.05) is 18.2 Å². The summed E-state index contributed by atoms with van der Waals surface area (Å²) in [6, 6.07) is 8.12. The van der Waals surface area contributed by atoms with Gasteiger partial charge < -0.3 is 10.0 Å². The number of carbonyl (C=O) groups is 2. The van der Waals surface area contributed by atoms with Crippen molar-refractivity contribution in [1.82, 2.24) is 4.90 Å². The highest BCUT2D eigenvalue weighted by atomic mass is 16.4. The fourth-order valence-corrected chi connectivity index (χ4v) is 2.44. The van der Waals surface area contributed by atoms with Crippen LogP contribution in [-0.4, -0.2) is 34.5 Å². The molecule has 1 saturated heterocycles. The molecule has 1 amide bonds. The number of benzene rings is 1. The molecule has 0 radical (unpaired) electrons. The zero-order chi connectivity index (χ0) is 14.0. The van der Waals surface area contributed by atoms with Crippen LogP contribution < -0.4 is 0 Å². The highest BCUT2D eigenvalue weighted by molar-refractivity contribution is 5.95. The first kappa shape index (κ1) is 13.1. The summed E-state index contributed by atoms with van der Waals surface area (Å²) in [5, 5.41) is 17.9. The van der Waals surface area contributed by atoms with Gasteiger partial charge in [-0.25, -0.2) is 0 Å². The van der Waals surface area contributed by atoms with Gasteiger partial charge in [0.1, 0.15) is 0 Å². The average molecular weight is 258 g/mol. The van der Waals surface area contributed by atoms with Crippen LogP contribution in [0.25, 0.3) is 0 Å². The number of nitriles is 1. The maximum Gasteiger partial charge on any atom is 0.308 e. The number of carboxylic acids is 1. The zero-order valence-corrected chi connectivity index (χ0v) is 10.5. The third-order valence-electron chi connectivity index (χ3n) is 3.57. The van der Waals surface area contributed by atoms with Crippen molar-refractivity contribution in [3.05, 3.63) is 35.4 Å². The van der Waals surface area contributed by atoms with E-state index in [1.54, 1.807) is 30.0 Å². The monoisotopic (exact) mass is 258 g/mol. The Kier molecular flexibility index (Phi) is 3.52. The zero-order valence-electron chi connectivity index (χ0n) is 10.5. The van der Waals surface area contributed by atoms with Gasteiger partial charge in [-0.05, 0) is 31.5 Å². The molecule has 0 bridgehead atoms. The molecule has 19 heavy (non-hydrogen) atoms. The van der Waals surface area contributed by atoms with Crippen LogP contribution in [0.4, 0.5) is 0 Å². The predicted octanol–water partition coefficient (Wildman–Crippen LogP) is 1.49. The largest absolute Gasteiger partial charge is 0.481 e. The van der Waals surface area contributed by atoms with E-state index in [0.29, 0.717) is 24.1 Å². The van der Waals surface area contributed by atoms with Gasteiger partial charge in [0.2, 0.25) is 0 Å². The summed E-state index contributed by atoms with van der Waals surface area (Å²) in [6.45, 7) is 2.19. The standard InChI is InChI=1S/C14H14N2O3/c1-9-12(14(18)19)5-6-16(9)13(17)11-4-2-3-10(7-11)8-15/h2-4,7,9,12H,5-6H2,1H3,(H,18,19).